The van der Waals surface area contributed by atoms with Gasteiger partial charge in [0, 0.05) is 22.7 Å². The second kappa shape index (κ2) is 6.84. The third-order valence-electron chi connectivity index (χ3n) is 4.00. The number of esters is 1. The van der Waals surface area contributed by atoms with Crippen LogP contribution in [0, 0.1) is 0 Å². The van der Waals surface area contributed by atoms with Crippen LogP contribution in [0.15, 0.2) is 30.5 Å². The number of carbonyl (C=O) groups excluding carboxylic acids is 2. The fourth-order valence-corrected chi connectivity index (χ4v) is 2.80. The first-order valence-electron chi connectivity index (χ1n) is 7.60. The maximum atomic E-state index is 12.4. The van der Waals surface area contributed by atoms with Crippen molar-refractivity contribution in [1.29, 1.82) is 0 Å². The zero-order valence-corrected chi connectivity index (χ0v) is 13.4. The molecule has 0 spiro atoms. The van der Waals surface area contributed by atoms with E-state index >= 15 is 0 Å². The van der Waals surface area contributed by atoms with Gasteiger partial charge in [0.15, 0.2) is 6.10 Å². The first-order valence-corrected chi connectivity index (χ1v) is 7.60. The maximum Gasteiger partial charge on any atom is 0.335 e. The molecule has 1 aliphatic rings. The minimum atomic E-state index is -0.678. The maximum absolute atomic E-state index is 12.4. The molecule has 1 fully saturated rings. The van der Waals surface area contributed by atoms with E-state index in [2.05, 4.69) is 15.0 Å². The number of fused-ring (bicyclic) bond motifs is 1. The summed E-state index contributed by atoms with van der Waals surface area (Å²) in [5, 5.41) is 4.48. The molecule has 1 N–H and O–H groups in total. The molecule has 2 aromatic rings. The highest BCUT2D eigenvalue weighted by Crippen LogP contribution is 2.29. The van der Waals surface area contributed by atoms with E-state index in [1.54, 1.807) is 25.4 Å². The molecule has 1 amide bonds. The summed E-state index contributed by atoms with van der Waals surface area (Å²) in [4.78, 5) is 28.1. The Kier molecular flexibility index (Phi) is 4.61. The molecule has 0 radical (unpaired) electrons. The molecular weight excluding hydrogens is 312 g/mol. The van der Waals surface area contributed by atoms with E-state index in [1.165, 1.54) is 7.11 Å². The first-order chi connectivity index (χ1) is 11.6. The van der Waals surface area contributed by atoms with Crippen molar-refractivity contribution in [3.05, 3.63) is 30.5 Å². The zero-order chi connectivity index (χ0) is 17.1. The Balaban J connectivity index is 1.78. The predicted octanol–water partition coefficient (Wildman–Crippen LogP) is 1.90. The van der Waals surface area contributed by atoms with Gasteiger partial charge in [0.05, 0.1) is 14.2 Å². The van der Waals surface area contributed by atoms with Gasteiger partial charge in [-0.3, -0.25) is 4.79 Å². The Morgan fingerprint density at radius 2 is 1.96 bits per heavy atom. The lowest BCUT2D eigenvalue weighted by Crippen LogP contribution is -2.30. The monoisotopic (exact) mass is 330 g/mol. The summed E-state index contributed by atoms with van der Waals surface area (Å²) < 4.78 is 15.4. The minimum absolute atomic E-state index is 0.287. The van der Waals surface area contributed by atoms with Crippen molar-refractivity contribution in [3.8, 4) is 5.88 Å². The Hall–Kier alpha value is -2.67. The van der Waals surface area contributed by atoms with Crippen molar-refractivity contribution >= 4 is 28.3 Å². The highest BCUT2D eigenvalue weighted by Gasteiger charge is 2.35. The average molecular weight is 330 g/mol. The largest absolute Gasteiger partial charge is 0.481 e. The average Bonchev–Trinajstić information content (AvgIpc) is 3.11. The van der Waals surface area contributed by atoms with Gasteiger partial charge in [-0.05, 0) is 31.0 Å². The van der Waals surface area contributed by atoms with Gasteiger partial charge in [-0.15, -0.1) is 0 Å². The highest BCUT2D eigenvalue weighted by molar-refractivity contribution is 6.04. The lowest BCUT2D eigenvalue weighted by molar-refractivity contribution is -0.154. The highest BCUT2D eigenvalue weighted by atomic mass is 16.6. The van der Waals surface area contributed by atoms with Gasteiger partial charge in [-0.1, -0.05) is 6.07 Å². The molecule has 0 unspecified atom stereocenters. The number of ether oxygens (including phenoxy) is 3. The molecule has 3 rings (SSSR count). The summed E-state index contributed by atoms with van der Waals surface area (Å²) in [6, 6.07) is 7.29. The Labute approximate surface area is 138 Å². The van der Waals surface area contributed by atoms with E-state index in [1.807, 2.05) is 12.1 Å². The lowest BCUT2D eigenvalue weighted by Gasteiger charge is -2.14. The Bertz CT molecular complexity index is 777. The van der Waals surface area contributed by atoms with E-state index in [0.29, 0.717) is 24.4 Å². The molecule has 7 nitrogen and oxygen atoms in total. The smallest absolute Gasteiger partial charge is 0.335 e. The van der Waals surface area contributed by atoms with Crippen LogP contribution in [0.4, 0.5) is 5.69 Å². The van der Waals surface area contributed by atoms with Gasteiger partial charge in [0.1, 0.15) is 6.10 Å². The van der Waals surface area contributed by atoms with Gasteiger partial charge in [0.25, 0.3) is 5.91 Å². The summed E-state index contributed by atoms with van der Waals surface area (Å²) in [6.45, 7) is 0. The normalized spacial score (nSPS) is 19.9. The topological polar surface area (TPSA) is 86.8 Å². The van der Waals surface area contributed by atoms with Crippen molar-refractivity contribution in [2.24, 2.45) is 0 Å². The lowest BCUT2D eigenvalue weighted by atomic mass is 10.1. The SMILES string of the molecule is COC(=O)[C@H]1CC[C@@H](C(=O)Nc2cccc3c(OC)nccc23)O1. The number of rotatable bonds is 4. The first kappa shape index (κ1) is 16.2. The minimum Gasteiger partial charge on any atom is -0.481 e. The summed E-state index contributed by atoms with van der Waals surface area (Å²) in [6.07, 6.45) is 1.21. The number of nitrogens with zero attached hydrogens (tertiary/aromatic N) is 1. The van der Waals surface area contributed by atoms with E-state index in [-0.39, 0.29) is 5.91 Å². The number of hydrogen-bond acceptors (Lipinski definition) is 6. The van der Waals surface area contributed by atoms with Crippen LogP contribution in [0.25, 0.3) is 10.8 Å². The molecule has 1 aliphatic heterocycles. The number of hydrogen-bond donors (Lipinski definition) is 1. The van der Waals surface area contributed by atoms with Crippen molar-refractivity contribution < 1.29 is 23.8 Å². The Morgan fingerprint density at radius 1 is 1.17 bits per heavy atom. The quantitative estimate of drug-likeness (QED) is 0.862. The number of aromatic nitrogens is 1. The van der Waals surface area contributed by atoms with Crippen molar-refractivity contribution in [1.82, 2.24) is 4.98 Å². The van der Waals surface area contributed by atoms with Gasteiger partial charge in [0.2, 0.25) is 5.88 Å². The molecule has 2 atom stereocenters. The van der Waals surface area contributed by atoms with Gasteiger partial charge < -0.3 is 19.5 Å². The van der Waals surface area contributed by atoms with E-state index < -0.39 is 18.2 Å². The number of nitrogens with one attached hydrogen (secondary N) is 1. The van der Waals surface area contributed by atoms with Crippen LogP contribution >= 0.6 is 0 Å². The molecule has 1 aromatic heterocycles. The molecule has 7 heteroatoms. The van der Waals surface area contributed by atoms with Crippen LogP contribution in [0.5, 0.6) is 5.88 Å². The molecule has 24 heavy (non-hydrogen) atoms. The number of benzene rings is 1. The summed E-state index contributed by atoms with van der Waals surface area (Å²) in [7, 11) is 2.85. The standard InChI is InChI=1S/C17H18N2O5/c1-22-16-11-4-3-5-12(10(11)8-9-18-16)19-15(20)13-6-7-14(24-13)17(21)23-2/h3-5,8-9,13-14H,6-7H2,1-2H3,(H,19,20)/t13-,14+/m0/s1. The van der Waals surface area contributed by atoms with Crippen molar-refractivity contribution in [3.63, 3.8) is 0 Å². The van der Waals surface area contributed by atoms with Crippen LogP contribution in [0.1, 0.15) is 12.8 Å². The van der Waals surface area contributed by atoms with Crippen LogP contribution in [-0.4, -0.2) is 43.3 Å². The summed E-state index contributed by atoms with van der Waals surface area (Å²) in [5.74, 6) is -0.248. The number of methoxy groups -OCH3 is 2. The molecule has 0 bridgehead atoms. The second-order valence-electron chi connectivity index (χ2n) is 5.42. The van der Waals surface area contributed by atoms with Gasteiger partial charge >= 0.3 is 5.97 Å². The fourth-order valence-electron chi connectivity index (χ4n) is 2.80. The number of anilines is 1. The van der Waals surface area contributed by atoms with E-state index in [9.17, 15) is 9.59 Å². The Morgan fingerprint density at radius 3 is 2.71 bits per heavy atom. The molecule has 2 heterocycles. The van der Waals surface area contributed by atoms with Crippen LogP contribution in [0.3, 0.4) is 0 Å². The summed E-state index contributed by atoms with van der Waals surface area (Å²) in [5.41, 5.74) is 0.642. The third-order valence-corrected chi connectivity index (χ3v) is 4.00. The molecular formula is C17H18N2O5. The zero-order valence-electron chi connectivity index (χ0n) is 13.4. The van der Waals surface area contributed by atoms with Crippen LogP contribution in [0.2, 0.25) is 0 Å². The third kappa shape index (κ3) is 3.03. The van der Waals surface area contributed by atoms with Gasteiger partial charge in [-0.2, -0.15) is 0 Å². The predicted molar refractivity (Wildman–Crippen MR) is 86.8 cm³/mol. The fraction of sp³-hybridized carbons (Fsp3) is 0.353. The molecule has 1 aromatic carbocycles. The molecule has 126 valence electrons. The summed E-state index contributed by atoms with van der Waals surface area (Å²) >= 11 is 0. The van der Waals surface area contributed by atoms with E-state index in [0.717, 1.165) is 10.8 Å². The second-order valence-corrected chi connectivity index (χ2v) is 5.42. The number of pyridine rings is 1. The number of carbonyl (C=O) groups is 2. The molecule has 0 saturated carbocycles. The van der Waals surface area contributed by atoms with Crippen LogP contribution in [-0.2, 0) is 19.1 Å². The van der Waals surface area contributed by atoms with Crippen molar-refractivity contribution in [2.75, 3.05) is 19.5 Å². The van der Waals surface area contributed by atoms with Gasteiger partial charge in [-0.25, -0.2) is 9.78 Å². The van der Waals surface area contributed by atoms with Crippen molar-refractivity contribution in [2.45, 2.75) is 25.0 Å². The number of amides is 1. The molecule has 1 saturated heterocycles. The molecule has 0 aliphatic carbocycles. The van der Waals surface area contributed by atoms with Crippen LogP contribution < -0.4 is 10.1 Å². The van der Waals surface area contributed by atoms with E-state index in [4.69, 9.17) is 9.47 Å².